The van der Waals surface area contributed by atoms with Gasteiger partial charge >= 0.3 is 0 Å². The molecule has 4 rings (SSSR count). The zero-order valence-corrected chi connectivity index (χ0v) is 15.2. The monoisotopic (exact) mass is 343 g/mol. The van der Waals surface area contributed by atoms with Gasteiger partial charge in [0.15, 0.2) is 5.65 Å². The Morgan fingerprint density at radius 2 is 1.69 bits per heavy atom. The van der Waals surface area contributed by atoms with Crippen molar-refractivity contribution in [1.82, 2.24) is 19.6 Å². The van der Waals surface area contributed by atoms with E-state index in [9.17, 15) is 0 Å². The summed E-state index contributed by atoms with van der Waals surface area (Å²) in [7, 11) is 0. The van der Waals surface area contributed by atoms with Crippen LogP contribution in [-0.2, 0) is 6.42 Å². The third-order valence-electron chi connectivity index (χ3n) is 4.60. The lowest BCUT2D eigenvalue weighted by atomic mass is 10.1. The van der Waals surface area contributed by atoms with Crippen LogP contribution < -0.4 is 5.32 Å². The van der Waals surface area contributed by atoms with Gasteiger partial charge in [-0.25, -0.2) is 4.98 Å². The molecule has 4 aromatic rings. The number of aryl methyl sites for hydroxylation is 2. The Labute approximate surface area is 152 Å². The van der Waals surface area contributed by atoms with Crippen LogP contribution in [-0.4, -0.2) is 19.6 Å². The van der Waals surface area contributed by atoms with Gasteiger partial charge in [0.25, 0.3) is 0 Å². The van der Waals surface area contributed by atoms with Crippen molar-refractivity contribution in [3.8, 4) is 11.1 Å². The summed E-state index contributed by atoms with van der Waals surface area (Å²) in [5, 5.41) is 8.33. The van der Waals surface area contributed by atoms with Gasteiger partial charge in [0.2, 0.25) is 0 Å². The van der Waals surface area contributed by atoms with Gasteiger partial charge in [-0.3, -0.25) is 4.98 Å². The third kappa shape index (κ3) is 2.71. The van der Waals surface area contributed by atoms with E-state index in [0.29, 0.717) is 0 Å². The second kappa shape index (κ2) is 6.59. The van der Waals surface area contributed by atoms with E-state index in [4.69, 9.17) is 10.1 Å². The number of rotatable bonds is 4. The molecule has 0 amide bonds. The van der Waals surface area contributed by atoms with Gasteiger partial charge in [-0.15, -0.1) is 0 Å². The van der Waals surface area contributed by atoms with Gasteiger partial charge in [0, 0.05) is 34.9 Å². The molecular weight excluding hydrogens is 322 g/mol. The van der Waals surface area contributed by atoms with Gasteiger partial charge in [-0.1, -0.05) is 37.3 Å². The summed E-state index contributed by atoms with van der Waals surface area (Å²) >= 11 is 0. The van der Waals surface area contributed by atoms with Crippen molar-refractivity contribution in [2.24, 2.45) is 0 Å². The first-order valence-corrected chi connectivity index (χ1v) is 8.80. The van der Waals surface area contributed by atoms with E-state index in [-0.39, 0.29) is 0 Å². The van der Waals surface area contributed by atoms with Gasteiger partial charge < -0.3 is 5.32 Å². The summed E-state index contributed by atoms with van der Waals surface area (Å²) in [6, 6.07) is 14.2. The van der Waals surface area contributed by atoms with Crippen molar-refractivity contribution >= 4 is 17.2 Å². The Morgan fingerprint density at radius 3 is 2.38 bits per heavy atom. The van der Waals surface area contributed by atoms with E-state index in [1.807, 2.05) is 41.8 Å². The molecule has 1 N–H and O–H groups in total. The summed E-state index contributed by atoms with van der Waals surface area (Å²) in [5.41, 5.74) is 7.22. The number of aromatic nitrogens is 4. The molecule has 1 aromatic carbocycles. The Kier molecular flexibility index (Phi) is 4.13. The normalized spacial score (nSPS) is 11.0. The Hall–Kier alpha value is -3.21. The van der Waals surface area contributed by atoms with Crippen LogP contribution in [0.4, 0.5) is 11.5 Å². The molecule has 3 heterocycles. The molecular formula is C21H21N5. The molecule has 0 bridgehead atoms. The van der Waals surface area contributed by atoms with Gasteiger partial charge in [0.1, 0.15) is 5.82 Å². The molecule has 0 unspecified atom stereocenters. The first kappa shape index (κ1) is 16.3. The van der Waals surface area contributed by atoms with Gasteiger partial charge in [0.05, 0.1) is 5.69 Å². The van der Waals surface area contributed by atoms with Crippen molar-refractivity contribution in [2.75, 3.05) is 5.32 Å². The molecule has 130 valence electrons. The summed E-state index contributed by atoms with van der Waals surface area (Å²) < 4.78 is 1.93. The molecule has 5 nitrogen and oxygen atoms in total. The van der Waals surface area contributed by atoms with Gasteiger partial charge in [-0.05, 0) is 38.0 Å². The van der Waals surface area contributed by atoms with E-state index in [0.717, 1.165) is 51.7 Å². The smallest absolute Gasteiger partial charge is 0.165 e. The second-order valence-electron chi connectivity index (χ2n) is 6.30. The van der Waals surface area contributed by atoms with Crippen molar-refractivity contribution < 1.29 is 0 Å². The summed E-state index contributed by atoms with van der Waals surface area (Å²) in [6.07, 6.45) is 4.44. The summed E-state index contributed by atoms with van der Waals surface area (Å²) in [4.78, 5) is 8.99. The lowest BCUT2D eigenvalue weighted by molar-refractivity contribution is 0.890. The summed E-state index contributed by atoms with van der Waals surface area (Å²) in [5.74, 6) is 0.964. The maximum absolute atomic E-state index is 4.89. The fraction of sp³-hybridized carbons (Fsp3) is 0.190. The number of fused-ring (bicyclic) bond motifs is 1. The highest BCUT2D eigenvalue weighted by Crippen LogP contribution is 2.32. The van der Waals surface area contributed by atoms with E-state index in [1.165, 1.54) is 0 Å². The highest BCUT2D eigenvalue weighted by Gasteiger charge is 2.19. The predicted octanol–water partition coefficient (Wildman–Crippen LogP) is 4.71. The molecule has 0 aliphatic carbocycles. The lowest BCUT2D eigenvalue weighted by Crippen LogP contribution is -2.08. The molecule has 0 saturated heterocycles. The van der Waals surface area contributed by atoms with Crippen LogP contribution in [0, 0.1) is 13.8 Å². The Morgan fingerprint density at radius 1 is 0.962 bits per heavy atom. The Balaban J connectivity index is 1.98. The topological polar surface area (TPSA) is 55.1 Å². The van der Waals surface area contributed by atoms with Crippen LogP contribution >= 0.6 is 0 Å². The number of benzene rings is 1. The zero-order chi connectivity index (χ0) is 18.1. The zero-order valence-electron chi connectivity index (χ0n) is 15.2. The Bertz CT molecular complexity index is 1050. The van der Waals surface area contributed by atoms with E-state index in [2.05, 4.69) is 36.3 Å². The minimum absolute atomic E-state index is 0.875. The minimum Gasteiger partial charge on any atom is -0.340 e. The number of nitrogens with one attached hydrogen (secondary N) is 1. The predicted molar refractivity (Wildman–Crippen MR) is 105 cm³/mol. The summed E-state index contributed by atoms with van der Waals surface area (Å²) in [6.45, 7) is 6.24. The van der Waals surface area contributed by atoms with Crippen LogP contribution in [0.5, 0.6) is 0 Å². The average molecular weight is 343 g/mol. The van der Waals surface area contributed by atoms with Crippen LogP contribution in [0.25, 0.3) is 16.8 Å². The van der Waals surface area contributed by atoms with E-state index < -0.39 is 0 Å². The third-order valence-corrected chi connectivity index (χ3v) is 4.60. The highest BCUT2D eigenvalue weighted by molar-refractivity contribution is 5.82. The average Bonchev–Trinajstić information content (AvgIpc) is 2.99. The SMILES string of the molecule is CCc1c(C)nc2c(-c3ccccc3)c(C)nn2c1Nc1ccncc1. The van der Waals surface area contributed by atoms with Crippen LogP contribution in [0.1, 0.15) is 23.9 Å². The molecule has 0 atom stereocenters. The number of hydrogen-bond donors (Lipinski definition) is 1. The molecule has 0 saturated carbocycles. The van der Waals surface area contributed by atoms with Crippen molar-refractivity contribution in [1.29, 1.82) is 0 Å². The number of anilines is 2. The standard InChI is InChI=1S/C21H21N5/c1-4-18-14(2)23-21-19(16-8-6-5-7-9-16)15(3)25-26(21)20(18)24-17-10-12-22-13-11-17/h5-13H,4H2,1-3H3,(H,22,24). The minimum atomic E-state index is 0.875. The maximum atomic E-state index is 4.89. The van der Waals surface area contributed by atoms with Crippen molar-refractivity contribution in [3.05, 3.63) is 71.8 Å². The first-order chi connectivity index (χ1) is 12.7. The van der Waals surface area contributed by atoms with Crippen LogP contribution in [0.2, 0.25) is 0 Å². The maximum Gasteiger partial charge on any atom is 0.165 e. The largest absolute Gasteiger partial charge is 0.340 e. The number of nitrogens with zero attached hydrogens (tertiary/aromatic N) is 4. The van der Waals surface area contributed by atoms with E-state index >= 15 is 0 Å². The van der Waals surface area contributed by atoms with Crippen molar-refractivity contribution in [2.45, 2.75) is 27.2 Å². The number of pyridine rings is 1. The molecule has 0 spiro atoms. The fourth-order valence-corrected chi connectivity index (χ4v) is 3.37. The van der Waals surface area contributed by atoms with Crippen molar-refractivity contribution in [3.63, 3.8) is 0 Å². The molecule has 0 aliphatic heterocycles. The van der Waals surface area contributed by atoms with Crippen LogP contribution in [0.3, 0.4) is 0 Å². The molecule has 0 radical (unpaired) electrons. The fourth-order valence-electron chi connectivity index (χ4n) is 3.37. The highest BCUT2D eigenvalue weighted by atomic mass is 15.3. The first-order valence-electron chi connectivity index (χ1n) is 8.80. The van der Waals surface area contributed by atoms with Crippen LogP contribution in [0.15, 0.2) is 54.9 Å². The van der Waals surface area contributed by atoms with E-state index in [1.54, 1.807) is 12.4 Å². The molecule has 5 heteroatoms. The molecule has 3 aromatic heterocycles. The number of hydrogen-bond acceptors (Lipinski definition) is 4. The quantitative estimate of drug-likeness (QED) is 0.583. The van der Waals surface area contributed by atoms with Gasteiger partial charge in [-0.2, -0.15) is 9.61 Å². The lowest BCUT2D eigenvalue weighted by Gasteiger charge is -2.15. The molecule has 0 fully saturated rings. The second-order valence-corrected chi connectivity index (χ2v) is 6.30. The molecule has 0 aliphatic rings. The molecule has 26 heavy (non-hydrogen) atoms.